The van der Waals surface area contributed by atoms with Crippen LogP contribution in [-0.2, 0) is 0 Å². The van der Waals surface area contributed by atoms with Crippen molar-refractivity contribution in [2.24, 2.45) is 10.8 Å². The lowest BCUT2D eigenvalue weighted by Crippen LogP contribution is -2.71. The molecule has 0 unspecified atom stereocenters. The monoisotopic (exact) mass is 498 g/mol. The quantitative estimate of drug-likeness (QED) is 0.568. The highest BCUT2D eigenvalue weighted by Crippen LogP contribution is 2.66. The predicted octanol–water partition coefficient (Wildman–Crippen LogP) is 4.46. The van der Waals surface area contributed by atoms with E-state index in [0.29, 0.717) is 48.3 Å². The zero-order valence-electron chi connectivity index (χ0n) is 21.6. The van der Waals surface area contributed by atoms with E-state index in [-0.39, 0.29) is 22.8 Å². The summed E-state index contributed by atoms with van der Waals surface area (Å²) in [6.07, 6.45) is 0.952. The van der Waals surface area contributed by atoms with Gasteiger partial charge in [0.25, 0.3) is 0 Å². The summed E-state index contributed by atoms with van der Waals surface area (Å²) < 4.78 is 22.7. The molecule has 4 atom stereocenters. The zero-order valence-corrected chi connectivity index (χ0v) is 21.6. The van der Waals surface area contributed by atoms with Gasteiger partial charge in [-0.05, 0) is 56.2 Å². The first kappa shape index (κ1) is 24.7. The van der Waals surface area contributed by atoms with Crippen molar-refractivity contribution in [2.75, 3.05) is 14.2 Å². The molecule has 3 N–H and O–H groups in total. The van der Waals surface area contributed by atoms with E-state index in [0.717, 1.165) is 0 Å². The maximum absolute atomic E-state index is 13.3. The van der Waals surface area contributed by atoms with Crippen molar-refractivity contribution in [3.8, 4) is 28.6 Å². The second-order valence-electron chi connectivity index (χ2n) is 11.3. The standard InChI is InChI=1S/C28H34O8/c1-25(2)10-9-20(29)27(4)23-22(30)21-19(36-26(23,3)11-12-28(25,27)32)14-17(35-24(21)31)15-7-8-16(33-5)18(13-15)34-6/h7-8,13-14,20,29-30,32H,9-12H2,1-6H3/t20-,26+,27+,28+/m0/s1. The molecular formula is C28H34O8. The van der Waals surface area contributed by atoms with Crippen molar-refractivity contribution >= 4 is 5.76 Å². The third-order valence-corrected chi connectivity index (χ3v) is 9.09. The van der Waals surface area contributed by atoms with Crippen molar-refractivity contribution in [1.82, 2.24) is 0 Å². The lowest BCUT2D eigenvalue weighted by Gasteiger charge is -2.65. The average Bonchev–Trinajstić information content (AvgIpc) is 2.83. The van der Waals surface area contributed by atoms with Crippen molar-refractivity contribution in [3.63, 3.8) is 0 Å². The van der Waals surface area contributed by atoms with Crippen molar-refractivity contribution in [1.29, 1.82) is 0 Å². The van der Waals surface area contributed by atoms with Crippen LogP contribution >= 0.6 is 0 Å². The molecule has 2 aromatic rings. The Hall–Kier alpha value is -2.97. The molecule has 2 saturated carbocycles. The lowest BCUT2D eigenvalue weighted by atomic mass is 9.43. The van der Waals surface area contributed by atoms with E-state index in [1.165, 1.54) is 14.2 Å². The fourth-order valence-electron chi connectivity index (χ4n) is 6.90. The fourth-order valence-corrected chi connectivity index (χ4v) is 6.90. The summed E-state index contributed by atoms with van der Waals surface area (Å²) in [6, 6.07) is 6.72. The molecule has 1 aromatic heterocycles. The van der Waals surface area contributed by atoms with Gasteiger partial charge in [-0.2, -0.15) is 0 Å². The summed E-state index contributed by atoms with van der Waals surface area (Å²) in [5, 5.41) is 34.9. The Bertz CT molecular complexity index is 1320. The first-order valence-corrected chi connectivity index (χ1v) is 12.3. The average molecular weight is 499 g/mol. The van der Waals surface area contributed by atoms with Crippen LogP contribution in [0.3, 0.4) is 0 Å². The van der Waals surface area contributed by atoms with Gasteiger partial charge in [-0.3, -0.25) is 0 Å². The first-order chi connectivity index (χ1) is 16.8. The minimum Gasteiger partial charge on any atom is -0.507 e. The van der Waals surface area contributed by atoms with Crippen LogP contribution in [0.5, 0.6) is 17.2 Å². The maximum atomic E-state index is 13.3. The second-order valence-corrected chi connectivity index (χ2v) is 11.3. The molecule has 3 aliphatic rings. The van der Waals surface area contributed by atoms with Crippen LogP contribution in [0.15, 0.2) is 39.1 Å². The van der Waals surface area contributed by atoms with E-state index in [9.17, 15) is 20.1 Å². The molecule has 36 heavy (non-hydrogen) atoms. The van der Waals surface area contributed by atoms with Gasteiger partial charge in [-0.25, -0.2) is 4.79 Å². The highest BCUT2D eigenvalue weighted by atomic mass is 16.5. The lowest BCUT2D eigenvalue weighted by molar-refractivity contribution is -0.237. The van der Waals surface area contributed by atoms with Crippen LogP contribution < -0.4 is 19.8 Å². The van der Waals surface area contributed by atoms with E-state index in [1.54, 1.807) is 31.2 Å². The number of methoxy groups -OCH3 is 2. The number of ether oxygens (including phenoxy) is 3. The molecule has 0 saturated heterocycles. The Morgan fingerprint density at radius 1 is 1.00 bits per heavy atom. The summed E-state index contributed by atoms with van der Waals surface area (Å²) in [6.45, 7) is 7.58. The van der Waals surface area contributed by atoms with Gasteiger partial charge in [0, 0.05) is 17.2 Å². The Labute approximate surface area is 210 Å². The minimum atomic E-state index is -1.30. The first-order valence-electron chi connectivity index (χ1n) is 12.3. The Morgan fingerprint density at radius 2 is 1.69 bits per heavy atom. The molecule has 8 nitrogen and oxygen atoms in total. The van der Waals surface area contributed by atoms with Gasteiger partial charge in [0.1, 0.15) is 28.4 Å². The Balaban J connectivity index is 1.71. The Morgan fingerprint density at radius 3 is 2.36 bits per heavy atom. The summed E-state index contributed by atoms with van der Waals surface area (Å²) >= 11 is 0. The molecule has 1 aromatic carbocycles. The van der Waals surface area contributed by atoms with Crippen LogP contribution in [0.1, 0.15) is 58.9 Å². The van der Waals surface area contributed by atoms with Gasteiger partial charge in [0.05, 0.1) is 31.3 Å². The molecule has 194 valence electrons. The molecule has 2 heterocycles. The smallest absolute Gasteiger partial charge is 0.351 e. The van der Waals surface area contributed by atoms with Crippen LogP contribution in [0.4, 0.5) is 0 Å². The SMILES string of the molecule is COc1ccc(-c2cc3c(c(=O)o2)C(O)=C2[C@@](C)(CC[C@@]4(O)C(C)(C)CC[C@H](O)[C@]24C)O3)cc1OC. The van der Waals surface area contributed by atoms with Crippen LogP contribution in [-0.4, -0.2) is 46.8 Å². The molecule has 1 aliphatic heterocycles. The summed E-state index contributed by atoms with van der Waals surface area (Å²) in [4.78, 5) is 13.3. The topological polar surface area (TPSA) is 119 Å². The van der Waals surface area contributed by atoms with Crippen LogP contribution in [0.2, 0.25) is 0 Å². The zero-order chi connectivity index (χ0) is 26.3. The van der Waals surface area contributed by atoms with Gasteiger partial charge in [-0.15, -0.1) is 0 Å². The van der Waals surface area contributed by atoms with E-state index >= 15 is 0 Å². The summed E-state index contributed by atoms with van der Waals surface area (Å²) in [5.41, 5.74) is -4.03. The number of rotatable bonds is 3. The van der Waals surface area contributed by atoms with Gasteiger partial charge in [0.15, 0.2) is 11.5 Å². The largest absolute Gasteiger partial charge is 0.507 e. The van der Waals surface area contributed by atoms with Crippen LogP contribution in [0, 0.1) is 10.8 Å². The van der Waals surface area contributed by atoms with E-state index < -0.39 is 33.8 Å². The number of aliphatic hydroxyl groups is 3. The second kappa shape index (κ2) is 7.76. The maximum Gasteiger partial charge on any atom is 0.351 e. The third kappa shape index (κ3) is 3.03. The number of hydrogen-bond acceptors (Lipinski definition) is 8. The van der Waals surface area contributed by atoms with Crippen LogP contribution in [0.25, 0.3) is 17.1 Å². The summed E-state index contributed by atoms with van der Waals surface area (Å²) in [7, 11) is 3.05. The molecule has 0 bridgehead atoms. The molecular weight excluding hydrogens is 464 g/mol. The summed E-state index contributed by atoms with van der Waals surface area (Å²) in [5.74, 6) is 1.16. The number of hydrogen-bond donors (Lipinski definition) is 3. The molecule has 0 radical (unpaired) electrons. The normalized spacial score (nSPS) is 32.6. The molecule has 0 spiro atoms. The molecule has 8 heteroatoms. The number of aliphatic hydroxyl groups excluding tert-OH is 2. The number of fused-ring (bicyclic) bond motifs is 4. The Kier molecular flexibility index (Phi) is 5.33. The van der Waals surface area contributed by atoms with Gasteiger partial charge in [0.2, 0.25) is 0 Å². The molecule has 5 rings (SSSR count). The van der Waals surface area contributed by atoms with E-state index in [4.69, 9.17) is 18.6 Å². The van der Waals surface area contributed by atoms with Gasteiger partial charge in [-0.1, -0.05) is 20.8 Å². The van der Waals surface area contributed by atoms with E-state index in [1.807, 2.05) is 20.8 Å². The molecule has 2 aliphatic carbocycles. The minimum absolute atomic E-state index is 0.104. The van der Waals surface area contributed by atoms with Gasteiger partial charge < -0.3 is 33.9 Å². The fraction of sp³-hybridized carbons (Fsp3) is 0.536. The van der Waals surface area contributed by atoms with Crippen molar-refractivity contribution in [2.45, 2.75) is 70.7 Å². The molecule has 0 amide bonds. The molecule has 2 fully saturated rings. The van der Waals surface area contributed by atoms with Crippen molar-refractivity contribution in [3.05, 3.63) is 45.8 Å². The number of benzene rings is 1. The van der Waals surface area contributed by atoms with Crippen molar-refractivity contribution < 1.29 is 33.9 Å². The van der Waals surface area contributed by atoms with Gasteiger partial charge >= 0.3 is 5.63 Å². The third-order valence-electron chi connectivity index (χ3n) is 9.09. The van der Waals surface area contributed by atoms with E-state index in [2.05, 4.69) is 0 Å². The highest BCUT2D eigenvalue weighted by molar-refractivity contribution is 5.75. The highest BCUT2D eigenvalue weighted by Gasteiger charge is 2.70. The predicted molar refractivity (Wildman–Crippen MR) is 133 cm³/mol.